The van der Waals surface area contributed by atoms with Gasteiger partial charge >= 0.3 is 0 Å². The average Bonchev–Trinajstić information content (AvgIpc) is 3.04. The highest BCUT2D eigenvalue weighted by atomic mass is 32.1. The number of hydrogen-bond acceptors (Lipinski definition) is 5. The number of benzene rings is 1. The fraction of sp³-hybridized carbons (Fsp3) is 0.444. The van der Waals surface area contributed by atoms with E-state index in [9.17, 15) is 0 Å². The molecule has 0 saturated heterocycles. The molecule has 0 spiro atoms. The third-order valence-electron chi connectivity index (χ3n) is 3.37. The van der Waals surface area contributed by atoms with Gasteiger partial charge in [-0.1, -0.05) is 0 Å². The van der Waals surface area contributed by atoms with Crippen LogP contribution in [0.1, 0.15) is 17.6 Å². The normalized spacial score (nSPS) is 11.2. The molecule has 2 N–H and O–H groups in total. The van der Waals surface area contributed by atoms with E-state index in [0.717, 1.165) is 41.1 Å². The van der Waals surface area contributed by atoms with Gasteiger partial charge in [0.1, 0.15) is 18.1 Å². The fourth-order valence-electron chi connectivity index (χ4n) is 2.16. The quantitative estimate of drug-likeness (QED) is 0.408. The minimum atomic E-state index is 0.558. The van der Waals surface area contributed by atoms with Crippen LogP contribution in [0, 0.1) is 6.92 Å². The molecule has 1 aromatic heterocycles. The number of nitrogens with one attached hydrogen (secondary N) is 2. The highest BCUT2D eigenvalue weighted by Crippen LogP contribution is 2.16. The summed E-state index contributed by atoms with van der Waals surface area (Å²) in [6, 6.07) is 7.56. The number of rotatable bonds is 9. The molecular weight excluding hydrogens is 336 g/mol. The van der Waals surface area contributed by atoms with Crippen LogP contribution < -0.4 is 20.1 Å². The predicted octanol–water partition coefficient (Wildman–Crippen LogP) is 2.64. The number of aryl methyl sites for hydroxylation is 1. The molecule has 0 aliphatic heterocycles. The van der Waals surface area contributed by atoms with Crippen molar-refractivity contribution in [3.05, 3.63) is 40.3 Å². The third-order valence-corrected chi connectivity index (χ3v) is 4.19. The molecule has 1 heterocycles. The Morgan fingerprint density at radius 2 is 1.96 bits per heavy atom. The van der Waals surface area contributed by atoms with E-state index in [1.165, 1.54) is 0 Å². The molecule has 25 heavy (non-hydrogen) atoms. The van der Waals surface area contributed by atoms with E-state index in [-0.39, 0.29) is 0 Å². The van der Waals surface area contributed by atoms with Crippen molar-refractivity contribution in [1.82, 2.24) is 15.6 Å². The van der Waals surface area contributed by atoms with Crippen LogP contribution in [0.3, 0.4) is 0 Å². The van der Waals surface area contributed by atoms with Crippen molar-refractivity contribution in [1.29, 1.82) is 0 Å². The molecule has 0 aliphatic rings. The molecular formula is C18H26N4O2S. The zero-order chi connectivity index (χ0) is 17.9. The lowest BCUT2D eigenvalue weighted by molar-refractivity contribution is 0.321. The largest absolute Gasteiger partial charge is 0.497 e. The smallest absolute Gasteiger partial charge is 0.191 e. The second-order valence-electron chi connectivity index (χ2n) is 5.32. The lowest BCUT2D eigenvalue weighted by Gasteiger charge is -2.12. The second-order valence-corrected chi connectivity index (χ2v) is 6.38. The highest BCUT2D eigenvalue weighted by molar-refractivity contribution is 7.09. The summed E-state index contributed by atoms with van der Waals surface area (Å²) in [5.74, 6) is 2.44. The van der Waals surface area contributed by atoms with Gasteiger partial charge in [0, 0.05) is 24.9 Å². The Bertz CT molecular complexity index is 655. The molecule has 0 bridgehead atoms. The van der Waals surface area contributed by atoms with Gasteiger partial charge in [0.15, 0.2) is 5.96 Å². The van der Waals surface area contributed by atoms with Gasteiger partial charge in [-0.25, -0.2) is 4.98 Å². The molecule has 0 fully saturated rings. The van der Waals surface area contributed by atoms with Crippen molar-refractivity contribution in [2.45, 2.75) is 20.3 Å². The second kappa shape index (κ2) is 10.6. The lowest BCUT2D eigenvalue weighted by atomic mass is 10.3. The first kappa shape index (κ1) is 19.1. The summed E-state index contributed by atoms with van der Waals surface area (Å²) in [5, 5.41) is 9.70. The summed E-state index contributed by atoms with van der Waals surface area (Å²) in [4.78, 5) is 9.03. The molecule has 0 amide bonds. The Kier molecular flexibility index (Phi) is 8.04. The molecule has 7 heteroatoms. The standard InChI is InChI=1S/C18H26N4O2S/c1-4-19-18(20-10-9-15-13-25-14(2)22-15)21-11-12-24-17-7-5-16(23-3)6-8-17/h5-8,13H,4,9-12H2,1-3H3,(H2,19,20,21). The number of thiazole rings is 1. The highest BCUT2D eigenvalue weighted by Gasteiger charge is 2.00. The lowest BCUT2D eigenvalue weighted by Crippen LogP contribution is -2.39. The molecule has 0 atom stereocenters. The minimum absolute atomic E-state index is 0.558. The van der Waals surface area contributed by atoms with Crippen LogP contribution >= 0.6 is 11.3 Å². The van der Waals surface area contributed by atoms with Gasteiger partial charge in [0.05, 0.1) is 24.4 Å². The first-order valence-corrected chi connectivity index (χ1v) is 9.29. The molecule has 0 saturated carbocycles. The molecule has 0 aliphatic carbocycles. The maximum Gasteiger partial charge on any atom is 0.191 e. The maximum atomic E-state index is 5.70. The van der Waals surface area contributed by atoms with Crippen molar-refractivity contribution in [3.63, 3.8) is 0 Å². The number of guanidine groups is 1. The fourth-order valence-corrected chi connectivity index (χ4v) is 2.80. The van der Waals surface area contributed by atoms with Crippen LogP contribution in [0.25, 0.3) is 0 Å². The molecule has 0 radical (unpaired) electrons. The van der Waals surface area contributed by atoms with Gasteiger partial charge in [0.25, 0.3) is 0 Å². The Morgan fingerprint density at radius 3 is 2.60 bits per heavy atom. The van der Waals surface area contributed by atoms with Gasteiger partial charge in [0.2, 0.25) is 0 Å². The van der Waals surface area contributed by atoms with E-state index < -0.39 is 0 Å². The van der Waals surface area contributed by atoms with Crippen LogP contribution in [0.4, 0.5) is 0 Å². The molecule has 2 rings (SSSR count). The van der Waals surface area contributed by atoms with Gasteiger partial charge in [-0.2, -0.15) is 0 Å². The summed E-state index contributed by atoms with van der Waals surface area (Å²) in [6.07, 6.45) is 0.850. The van der Waals surface area contributed by atoms with Gasteiger partial charge < -0.3 is 20.1 Å². The van der Waals surface area contributed by atoms with E-state index >= 15 is 0 Å². The number of nitrogens with zero attached hydrogens (tertiary/aromatic N) is 2. The van der Waals surface area contributed by atoms with Crippen LogP contribution in [0.2, 0.25) is 0 Å². The minimum Gasteiger partial charge on any atom is -0.497 e. The Morgan fingerprint density at radius 1 is 1.20 bits per heavy atom. The van der Waals surface area contributed by atoms with Crippen LogP contribution in [0.15, 0.2) is 34.6 Å². The zero-order valence-corrected chi connectivity index (χ0v) is 15.9. The van der Waals surface area contributed by atoms with Crippen molar-refractivity contribution >= 4 is 17.3 Å². The Labute approximate surface area is 153 Å². The summed E-state index contributed by atoms with van der Waals surface area (Å²) in [7, 11) is 1.65. The van der Waals surface area contributed by atoms with Crippen LogP contribution in [0.5, 0.6) is 11.5 Å². The van der Waals surface area contributed by atoms with Crippen molar-refractivity contribution in [2.75, 3.05) is 33.4 Å². The first-order valence-electron chi connectivity index (χ1n) is 8.41. The summed E-state index contributed by atoms with van der Waals surface area (Å²) in [5.41, 5.74) is 1.10. The van der Waals surface area contributed by atoms with Crippen molar-refractivity contribution in [3.8, 4) is 11.5 Å². The van der Waals surface area contributed by atoms with E-state index in [0.29, 0.717) is 19.7 Å². The van der Waals surface area contributed by atoms with E-state index in [1.807, 2.05) is 31.2 Å². The predicted molar refractivity (Wildman–Crippen MR) is 103 cm³/mol. The van der Waals surface area contributed by atoms with Gasteiger partial charge in [-0.15, -0.1) is 11.3 Å². The summed E-state index contributed by atoms with van der Waals surface area (Å²) in [6.45, 7) is 6.83. The number of aromatic nitrogens is 1. The SMILES string of the molecule is CCNC(=NCCc1csc(C)n1)NCCOc1ccc(OC)cc1. The number of aliphatic imine (C=N–C) groups is 1. The van der Waals surface area contributed by atoms with E-state index in [2.05, 4.69) is 32.9 Å². The number of ether oxygens (including phenoxy) is 2. The van der Waals surface area contributed by atoms with Crippen molar-refractivity contribution < 1.29 is 9.47 Å². The van der Waals surface area contributed by atoms with Crippen LogP contribution in [-0.4, -0.2) is 44.3 Å². The molecule has 1 aromatic carbocycles. The third kappa shape index (κ3) is 7.01. The van der Waals surface area contributed by atoms with E-state index in [4.69, 9.17) is 9.47 Å². The first-order chi connectivity index (χ1) is 12.2. The van der Waals surface area contributed by atoms with Crippen molar-refractivity contribution in [2.24, 2.45) is 4.99 Å². The number of hydrogen-bond donors (Lipinski definition) is 2. The summed E-state index contributed by atoms with van der Waals surface area (Å²) < 4.78 is 10.8. The zero-order valence-electron chi connectivity index (χ0n) is 15.0. The topological polar surface area (TPSA) is 67.8 Å². The van der Waals surface area contributed by atoms with Crippen LogP contribution in [-0.2, 0) is 6.42 Å². The van der Waals surface area contributed by atoms with Gasteiger partial charge in [-0.05, 0) is 38.1 Å². The monoisotopic (exact) mass is 362 g/mol. The summed E-state index contributed by atoms with van der Waals surface area (Å²) >= 11 is 1.68. The Balaban J connectivity index is 1.71. The molecule has 2 aromatic rings. The molecule has 0 unspecified atom stereocenters. The number of methoxy groups -OCH3 is 1. The Hall–Kier alpha value is -2.28. The van der Waals surface area contributed by atoms with E-state index in [1.54, 1.807) is 18.4 Å². The molecule has 136 valence electrons. The average molecular weight is 362 g/mol. The van der Waals surface area contributed by atoms with Gasteiger partial charge in [-0.3, -0.25) is 4.99 Å². The maximum absolute atomic E-state index is 5.70. The molecule has 6 nitrogen and oxygen atoms in total.